The second kappa shape index (κ2) is 10.4. The Balaban J connectivity index is 0.00000264. The summed E-state index contributed by atoms with van der Waals surface area (Å²) in [7, 11) is 0. The molecule has 1 saturated heterocycles. The first-order valence-corrected chi connectivity index (χ1v) is 7.37. The van der Waals surface area contributed by atoms with Crippen LogP contribution < -0.4 is 15.4 Å². The van der Waals surface area contributed by atoms with Crippen LogP contribution in [0.3, 0.4) is 0 Å². The quantitative estimate of drug-likeness (QED) is 0.819. The van der Waals surface area contributed by atoms with Gasteiger partial charge in [0.2, 0.25) is 5.91 Å². The molecule has 1 aliphatic rings. The van der Waals surface area contributed by atoms with Gasteiger partial charge in [-0.25, -0.2) is 0 Å². The number of alkyl halides is 2. The molecule has 1 aromatic carbocycles. The fourth-order valence-corrected chi connectivity index (χ4v) is 2.31. The molecule has 130 valence electrons. The Labute approximate surface area is 140 Å². The number of carbonyl (C=O) groups is 1. The first kappa shape index (κ1) is 19.6. The molecule has 0 bridgehead atoms. The van der Waals surface area contributed by atoms with E-state index in [0.29, 0.717) is 13.1 Å². The van der Waals surface area contributed by atoms with Crippen LogP contribution in [0.25, 0.3) is 0 Å². The summed E-state index contributed by atoms with van der Waals surface area (Å²) >= 11 is 0. The van der Waals surface area contributed by atoms with Crippen LogP contribution in [0, 0.1) is 0 Å². The average molecular weight is 350 g/mol. The van der Waals surface area contributed by atoms with E-state index in [0.717, 1.165) is 38.2 Å². The largest absolute Gasteiger partial charge is 0.435 e. The van der Waals surface area contributed by atoms with Crippen molar-refractivity contribution in [3.63, 3.8) is 0 Å². The van der Waals surface area contributed by atoms with Crippen LogP contribution in [0.5, 0.6) is 5.75 Å². The zero-order valence-corrected chi connectivity index (χ0v) is 13.6. The summed E-state index contributed by atoms with van der Waals surface area (Å²) in [6.45, 7) is 1.61. The van der Waals surface area contributed by atoms with E-state index in [1.165, 1.54) is 12.1 Å². The van der Waals surface area contributed by atoms with E-state index in [2.05, 4.69) is 20.3 Å². The molecular weight excluding hydrogens is 328 g/mol. The van der Waals surface area contributed by atoms with Crippen LogP contribution in [0.2, 0.25) is 0 Å². The van der Waals surface area contributed by atoms with Gasteiger partial charge in [0.05, 0.1) is 6.54 Å². The van der Waals surface area contributed by atoms with Gasteiger partial charge in [0, 0.05) is 19.6 Å². The van der Waals surface area contributed by atoms with Crippen molar-refractivity contribution in [2.45, 2.75) is 19.6 Å². The third-order valence-electron chi connectivity index (χ3n) is 3.44. The minimum Gasteiger partial charge on any atom is -0.435 e. The molecule has 8 heteroatoms. The molecule has 1 fully saturated rings. The molecule has 2 N–H and O–H groups in total. The number of benzene rings is 1. The van der Waals surface area contributed by atoms with Gasteiger partial charge in [-0.1, -0.05) is 12.1 Å². The van der Waals surface area contributed by atoms with Crippen molar-refractivity contribution in [1.29, 1.82) is 0 Å². The third-order valence-corrected chi connectivity index (χ3v) is 3.44. The number of hydrogen-bond acceptors (Lipinski definition) is 4. The standard InChI is InChI=1S/C15H21F2N3O2.ClH/c16-15(17)22-13-4-2-12(3-5-13)10-19-14(21)11-20-8-1-6-18-7-9-20;/h2-5,15,18H,1,6-11H2,(H,19,21);1H. The van der Waals surface area contributed by atoms with Crippen LogP contribution in [0.1, 0.15) is 12.0 Å². The predicted molar refractivity (Wildman–Crippen MR) is 86.1 cm³/mol. The topological polar surface area (TPSA) is 53.6 Å². The Morgan fingerprint density at radius 2 is 2.00 bits per heavy atom. The lowest BCUT2D eigenvalue weighted by Gasteiger charge is -2.18. The number of nitrogens with one attached hydrogen (secondary N) is 2. The van der Waals surface area contributed by atoms with Gasteiger partial charge in [0.15, 0.2) is 0 Å². The van der Waals surface area contributed by atoms with E-state index in [9.17, 15) is 13.6 Å². The zero-order chi connectivity index (χ0) is 15.8. The molecule has 5 nitrogen and oxygen atoms in total. The number of rotatable bonds is 6. The highest BCUT2D eigenvalue weighted by molar-refractivity contribution is 5.85. The van der Waals surface area contributed by atoms with E-state index in [1.807, 2.05) is 0 Å². The van der Waals surface area contributed by atoms with Crippen molar-refractivity contribution in [2.75, 3.05) is 32.7 Å². The summed E-state index contributed by atoms with van der Waals surface area (Å²) in [6, 6.07) is 6.25. The minimum absolute atomic E-state index is 0. The molecule has 1 heterocycles. The summed E-state index contributed by atoms with van der Waals surface area (Å²) in [5.74, 6) is 0.0805. The number of nitrogens with zero attached hydrogens (tertiary/aromatic N) is 1. The Kier molecular flexibility index (Phi) is 8.83. The van der Waals surface area contributed by atoms with Crippen molar-refractivity contribution in [3.05, 3.63) is 29.8 Å². The van der Waals surface area contributed by atoms with E-state index in [-0.39, 0.29) is 24.1 Å². The molecular formula is C15H22ClF2N3O2. The SMILES string of the molecule is Cl.O=C(CN1CCCNCC1)NCc1ccc(OC(F)F)cc1. The van der Waals surface area contributed by atoms with E-state index < -0.39 is 6.61 Å². The van der Waals surface area contributed by atoms with Crippen LogP contribution >= 0.6 is 12.4 Å². The number of amides is 1. The molecule has 0 saturated carbocycles. The van der Waals surface area contributed by atoms with Gasteiger partial charge in [0.1, 0.15) is 5.75 Å². The van der Waals surface area contributed by atoms with Crippen LogP contribution in [-0.4, -0.2) is 50.1 Å². The van der Waals surface area contributed by atoms with Crippen LogP contribution in [0.4, 0.5) is 8.78 Å². The Morgan fingerprint density at radius 1 is 1.26 bits per heavy atom. The van der Waals surface area contributed by atoms with Crippen LogP contribution in [0.15, 0.2) is 24.3 Å². The maximum absolute atomic E-state index is 12.0. The molecule has 0 aliphatic carbocycles. The number of halogens is 3. The van der Waals surface area contributed by atoms with Gasteiger partial charge < -0.3 is 15.4 Å². The first-order valence-electron chi connectivity index (χ1n) is 7.37. The number of hydrogen-bond donors (Lipinski definition) is 2. The second-order valence-electron chi connectivity index (χ2n) is 5.18. The molecule has 0 spiro atoms. The fraction of sp³-hybridized carbons (Fsp3) is 0.533. The molecule has 0 atom stereocenters. The highest BCUT2D eigenvalue weighted by Crippen LogP contribution is 2.14. The summed E-state index contributed by atoms with van der Waals surface area (Å²) < 4.78 is 28.4. The van der Waals surface area contributed by atoms with Crippen molar-refractivity contribution in [1.82, 2.24) is 15.5 Å². The van der Waals surface area contributed by atoms with Gasteiger partial charge in [0.25, 0.3) is 0 Å². The maximum atomic E-state index is 12.0. The Bertz CT molecular complexity index is 466. The molecule has 0 radical (unpaired) electrons. The molecule has 23 heavy (non-hydrogen) atoms. The van der Waals surface area contributed by atoms with Crippen LogP contribution in [-0.2, 0) is 11.3 Å². The van der Waals surface area contributed by atoms with E-state index >= 15 is 0 Å². The fourth-order valence-electron chi connectivity index (χ4n) is 2.31. The summed E-state index contributed by atoms with van der Waals surface area (Å²) in [4.78, 5) is 14.0. The minimum atomic E-state index is -2.83. The smallest absolute Gasteiger partial charge is 0.387 e. The normalized spacial score (nSPS) is 15.6. The van der Waals surface area contributed by atoms with Gasteiger partial charge in [-0.05, 0) is 37.2 Å². The van der Waals surface area contributed by atoms with Crippen molar-refractivity contribution in [2.24, 2.45) is 0 Å². The molecule has 1 aromatic rings. The summed E-state index contributed by atoms with van der Waals surface area (Å²) in [6.07, 6.45) is 1.04. The van der Waals surface area contributed by atoms with Crippen molar-refractivity contribution >= 4 is 18.3 Å². The predicted octanol–water partition coefficient (Wildman–Crippen LogP) is 1.62. The number of ether oxygens (including phenoxy) is 1. The summed E-state index contributed by atoms with van der Waals surface area (Å²) in [5, 5.41) is 6.13. The van der Waals surface area contributed by atoms with Gasteiger partial charge >= 0.3 is 6.61 Å². The molecule has 1 amide bonds. The highest BCUT2D eigenvalue weighted by Gasteiger charge is 2.12. The highest BCUT2D eigenvalue weighted by atomic mass is 35.5. The molecule has 0 aromatic heterocycles. The van der Waals surface area contributed by atoms with Gasteiger partial charge in [-0.3, -0.25) is 9.69 Å². The lowest BCUT2D eigenvalue weighted by molar-refractivity contribution is -0.122. The Morgan fingerprint density at radius 3 is 2.70 bits per heavy atom. The van der Waals surface area contributed by atoms with E-state index in [4.69, 9.17) is 0 Å². The average Bonchev–Trinajstić information content (AvgIpc) is 2.74. The van der Waals surface area contributed by atoms with E-state index in [1.54, 1.807) is 12.1 Å². The van der Waals surface area contributed by atoms with Crippen molar-refractivity contribution in [3.8, 4) is 5.75 Å². The van der Waals surface area contributed by atoms with Gasteiger partial charge in [-0.15, -0.1) is 12.4 Å². The maximum Gasteiger partial charge on any atom is 0.387 e. The number of carbonyl (C=O) groups excluding carboxylic acids is 1. The lowest BCUT2D eigenvalue weighted by Crippen LogP contribution is -2.38. The molecule has 2 rings (SSSR count). The lowest BCUT2D eigenvalue weighted by atomic mass is 10.2. The summed E-state index contributed by atoms with van der Waals surface area (Å²) in [5.41, 5.74) is 0.840. The third kappa shape index (κ3) is 7.58. The monoisotopic (exact) mass is 349 g/mol. The molecule has 1 aliphatic heterocycles. The molecule has 0 unspecified atom stereocenters. The Hall–Kier alpha value is -1.44. The van der Waals surface area contributed by atoms with Crippen molar-refractivity contribution < 1.29 is 18.3 Å². The zero-order valence-electron chi connectivity index (χ0n) is 12.8. The van der Waals surface area contributed by atoms with Gasteiger partial charge in [-0.2, -0.15) is 8.78 Å². The second-order valence-corrected chi connectivity index (χ2v) is 5.18. The first-order chi connectivity index (χ1) is 10.6.